The first kappa shape index (κ1) is 18.8. The van der Waals surface area contributed by atoms with E-state index in [0.29, 0.717) is 5.69 Å². The number of anilines is 1. The molecule has 0 aromatic heterocycles. The second-order valence-electron chi connectivity index (χ2n) is 6.08. The fourth-order valence-electron chi connectivity index (χ4n) is 2.51. The largest absolute Gasteiger partial charge is 0.508 e. The number of hydrogen-bond donors (Lipinski definition) is 2. The summed E-state index contributed by atoms with van der Waals surface area (Å²) in [5.41, 5.74) is 2.25. The maximum absolute atomic E-state index is 9.73. The van der Waals surface area contributed by atoms with Gasteiger partial charge < -0.3 is 15.1 Å². The average molecular weight is 341 g/mol. The van der Waals surface area contributed by atoms with Crippen molar-refractivity contribution in [3.05, 3.63) is 42.5 Å². The molecule has 0 unspecified atom stereocenters. The van der Waals surface area contributed by atoms with E-state index in [-0.39, 0.29) is 11.5 Å². The van der Waals surface area contributed by atoms with E-state index in [0.717, 1.165) is 18.8 Å². The first-order chi connectivity index (χ1) is 12.1. The molecule has 0 aliphatic heterocycles. The summed E-state index contributed by atoms with van der Waals surface area (Å²) in [5, 5.41) is 27.2. The molecule has 0 fully saturated rings. The van der Waals surface area contributed by atoms with Gasteiger partial charge in [-0.2, -0.15) is 5.11 Å². The van der Waals surface area contributed by atoms with Crippen LogP contribution < -0.4 is 4.90 Å². The van der Waals surface area contributed by atoms with E-state index in [4.69, 9.17) is 0 Å². The second kappa shape index (κ2) is 9.67. The van der Waals surface area contributed by atoms with Gasteiger partial charge in [0.2, 0.25) is 0 Å². The number of hydrogen-bond acceptors (Lipinski definition) is 5. The number of rotatable bonds is 9. The van der Waals surface area contributed by atoms with E-state index in [9.17, 15) is 10.2 Å². The summed E-state index contributed by atoms with van der Waals surface area (Å²) in [4.78, 5) is 2.42. The number of unbranched alkanes of at least 4 members (excludes halogenated alkanes) is 2. The van der Waals surface area contributed by atoms with Crippen LogP contribution in [0.1, 0.15) is 39.5 Å². The molecule has 5 heteroatoms. The van der Waals surface area contributed by atoms with Gasteiger partial charge in [0.25, 0.3) is 0 Å². The second-order valence-corrected chi connectivity index (χ2v) is 6.08. The van der Waals surface area contributed by atoms with Crippen molar-refractivity contribution in [3.63, 3.8) is 0 Å². The molecule has 5 nitrogen and oxygen atoms in total. The minimum atomic E-state index is -0.0920. The van der Waals surface area contributed by atoms with Crippen molar-refractivity contribution in [3.8, 4) is 11.5 Å². The third-order valence-electron chi connectivity index (χ3n) is 4.01. The van der Waals surface area contributed by atoms with E-state index in [1.165, 1.54) is 49.6 Å². The summed E-state index contributed by atoms with van der Waals surface area (Å²) in [6.07, 6.45) is 4.74. The molecule has 0 amide bonds. The summed E-state index contributed by atoms with van der Waals surface area (Å²) in [6, 6.07) is 12.2. The fourth-order valence-corrected chi connectivity index (χ4v) is 2.51. The molecule has 2 aromatic carbocycles. The Hall–Kier alpha value is -2.56. The highest BCUT2D eigenvalue weighted by Gasteiger charge is 2.06. The van der Waals surface area contributed by atoms with Crippen LogP contribution in [-0.4, -0.2) is 23.3 Å². The highest BCUT2D eigenvalue weighted by Crippen LogP contribution is 2.31. The lowest BCUT2D eigenvalue weighted by Crippen LogP contribution is -2.25. The molecule has 2 aromatic rings. The Bertz CT molecular complexity index is 676. The molecule has 25 heavy (non-hydrogen) atoms. The number of nitrogens with zero attached hydrogens (tertiary/aromatic N) is 3. The fraction of sp³-hybridized carbons (Fsp3) is 0.400. The maximum Gasteiger partial charge on any atom is 0.146 e. The van der Waals surface area contributed by atoms with E-state index in [1.54, 1.807) is 0 Å². The van der Waals surface area contributed by atoms with E-state index < -0.39 is 0 Å². The predicted octanol–water partition coefficient (Wildman–Crippen LogP) is 5.92. The molecule has 0 heterocycles. The van der Waals surface area contributed by atoms with Gasteiger partial charge in [-0.1, -0.05) is 26.7 Å². The SMILES string of the molecule is CCCCN(CCCC)c1ccc(/N=N/c2ccc(O)cc2O)cc1. The molecule has 0 saturated heterocycles. The maximum atomic E-state index is 9.73. The molecule has 0 aliphatic carbocycles. The normalized spacial score (nSPS) is 11.1. The summed E-state index contributed by atoms with van der Waals surface area (Å²) in [6.45, 7) is 6.55. The smallest absolute Gasteiger partial charge is 0.146 e. The van der Waals surface area contributed by atoms with Gasteiger partial charge >= 0.3 is 0 Å². The van der Waals surface area contributed by atoms with Crippen LogP contribution in [0.15, 0.2) is 52.7 Å². The molecule has 0 atom stereocenters. The first-order valence-corrected chi connectivity index (χ1v) is 8.92. The molecule has 0 saturated carbocycles. The van der Waals surface area contributed by atoms with E-state index in [2.05, 4.69) is 41.1 Å². The van der Waals surface area contributed by atoms with Crippen LogP contribution in [0.4, 0.5) is 17.1 Å². The van der Waals surface area contributed by atoms with Crippen LogP contribution >= 0.6 is 0 Å². The van der Waals surface area contributed by atoms with E-state index in [1.807, 2.05) is 12.1 Å². The Labute approximate surface area is 149 Å². The van der Waals surface area contributed by atoms with Crippen LogP contribution in [-0.2, 0) is 0 Å². The number of phenolic OH excluding ortho intramolecular Hbond substituents is 2. The van der Waals surface area contributed by atoms with Crippen molar-refractivity contribution in [2.45, 2.75) is 39.5 Å². The topological polar surface area (TPSA) is 68.4 Å². The third-order valence-corrected chi connectivity index (χ3v) is 4.01. The van der Waals surface area contributed by atoms with Gasteiger partial charge in [-0.05, 0) is 49.2 Å². The Balaban J connectivity index is 2.07. The van der Waals surface area contributed by atoms with Gasteiger partial charge in [-0.15, -0.1) is 5.11 Å². The minimum absolute atomic E-state index is 0.0000489. The zero-order chi connectivity index (χ0) is 18.1. The van der Waals surface area contributed by atoms with Gasteiger partial charge in [0.05, 0.1) is 5.69 Å². The molecule has 0 aliphatic rings. The van der Waals surface area contributed by atoms with Gasteiger partial charge in [-0.25, -0.2) is 0 Å². The summed E-state index contributed by atoms with van der Waals surface area (Å²) in [5.74, 6) is -0.0919. The summed E-state index contributed by atoms with van der Waals surface area (Å²) >= 11 is 0. The zero-order valence-corrected chi connectivity index (χ0v) is 15.0. The Kier molecular flexibility index (Phi) is 7.26. The van der Waals surface area contributed by atoms with Crippen molar-refractivity contribution in [1.82, 2.24) is 0 Å². The Morgan fingerprint density at radius 1 is 0.840 bits per heavy atom. The number of benzene rings is 2. The Morgan fingerprint density at radius 3 is 2.04 bits per heavy atom. The van der Waals surface area contributed by atoms with Crippen molar-refractivity contribution in [2.24, 2.45) is 10.2 Å². The molecule has 134 valence electrons. The van der Waals surface area contributed by atoms with Crippen molar-refractivity contribution in [2.75, 3.05) is 18.0 Å². The standard InChI is InChI=1S/C20H27N3O2/c1-3-5-13-23(14-6-4-2)17-9-7-16(8-10-17)21-22-19-12-11-18(24)15-20(19)25/h7-12,15,24-25H,3-6,13-14H2,1-2H3/b22-21+. The van der Waals surface area contributed by atoms with Gasteiger partial charge in [0.15, 0.2) is 0 Å². The molecule has 0 spiro atoms. The van der Waals surface area contributed by atoms with Crippen molar-refractivity contribution < 1.29 is 10.2 Å². The number of aromatic hydroxyl groups is 2. The lowest BCUT2D eigenvalue weighted by atomic mass is 10.2. The molecule has 2 rings (SSSR count). The van der Waals surface area contributed by atoms with Crippen molar-refractivity contribution in [1.29, 1.82) is 0 Å². The quantitative estimate of drug-likeness (QED) is 0.556. The molecule has 2 N–H and O–H groups in total. The van der Waals surface area contributed by atoms with Gasteiger partial charge in [0.1, 0.15) is 17.2 Å². The van der Waals surface area contributed by atoms with Gasteiger partial charge in [-0.3, -0.25) is 0 Å². The van der Waals surface area contributed by atoms with Crippen LogP contribution in [0, 0.1) is 0 Å². The van der Waals surface area contributed by atoms with Gasteiger partial charge in [0, 0.05) is 24.8 Å². The van der Waals surface area contributed by atoms with Crippen LogP contribution in [0.2, 0.25) is 0 Å². The predicted molar refractivity (Wildman–Crippen MR) is 102 cm³/mol. The molecule has 0 radical (unpaired) electrons. The lowest BCUT2D eigenvalue weighted by molar-refractivity contribution is 0.451. The Morgan fingerprint density at radius 2 is 1.48 bits per heavy atom. The number of phenols is 2. The number of azo groups is 1. The zero-order valence-electron chi connectivity index (χ0n) is 15.0. The molecule has 0 bridgehead atoms. The highest BCUT2D eigenvalue weighted by molar-refractivity contribution is 5.55. The van der Waals surface area contributed by atoms with E-state index >= 15 is 0 Å². The van der Waals surface area contributed by atoms with Crippen molar-refractivity contribution >= 4 is 17.1 Å². The monoisotopic (exact) mass is 341 g/mol. The molecular weight excluding hydrogens is 314 g/mol. The minimum Gasteiger partial charge on any atom is -0.508 e. The lowest BCUT2D eigenvalue weighted by Gasteiger charge is -2.24. The van der Waals surface area contributed by atoms with Crippen LogP contribution in [0.5, 0.6) is 11.5 Å². The van der Waals surface area contributed by atoms with Crippen LogP contribution in [0.3, 0.4) is 0 Å². The highest BCUT2D eigenvalue weighted by atomic mass is 16.3. The van der Waals surface area contributed by atoms with Crippen LogP contribution in [0.25, 0.3) is 0 Å². The summed E-state index contributed by atoms with van der Waals surface area (Å²) < 4.78 is 0. The first-order valence-electron chi connectivity index (χ1n) is 8.92. The summed E-state index contributed by atoms with van der Waals surface area (Å²) in [7, 11) is 0. The average Bonchev–Trinajstić information content (AvgIpc) is 2.62. The third kappa shape index (κ3) is 5.78. The molecular formula is C20H27N3O2.